The average Bonchev–Trinajstić information content (AvgIpc) is 3.22. The summed E-state index contributed by atoms with van der Waals surface area (Å²) in [4.78, 5) is 37.1. The Morgan fingerprint density at radius 1 is 1.26 bits per heavy atom. The molecule has 1 saturated carbocycles. The van der Waals surface area contributed by atoms with Gasteiger partial charge in [-0.1, -0.05) is 0 Å². The van der Waals surface area contributed by atoms with Crippen LogP contribution in [0, 0.1) is 11.8 Å². The van der Waals surface area contributed by atoms with Crippen molar-refractivity contribution in [3.8, 4) is 0 Å². The van der Waals surface area contributed by atoms with Gasteiger partial charge in [-0.15, -0.1) is 0 Å². The second-order valence-electron chi connectivity index (χ2n) is 5.99. The lowest BCUT2D eigenvalue weighted by Gasteiger charge is -2.21. The van der Waals surface area contributed by atoms with Crippen LogP contribution in [0.1, 0.15) is 19.8 Å². The summed E-state index contributed by atoms with van der Waals surface area (Å²) in [7, 11) is -1.78. The zero-order chi connectivity index (χ0) is 17.2. The highest BCUT2D eigenvalue weighted by Crippen LogP contribution is 2.40. The Hall–Kier alpha value is -1.64. The number of methoxy groups -OCH3 is 1. The van der Waals surface area contributed by atoms with E-state index in [1.807, 2.05) is 0 Å². The van der Waals surface area contributed by atoms with Crippen LogP contribution in [0.5, 0.6) is 0 Å². The summed E-state index contributed by atoms with van der Waals surface area (Å²) in [6.07, 6.45) is 0.853. The standard InChI is InChI=1S/C14H22N2O6S/c1-3-16(13(18)10-6-11(10)14(19)22-2)7-12(17)15-9-4-5-23(20,21)8-9/h9-11H,3-8H2,1-2H3,(H,15,17). The minimum absolute atomic E-state index is 0.0498. The van der Waals surface area contributed by atoms with E-state index in [4.69, 9.17) is 0 Å². The molecule has 2 amide bonds. The highest BCUT2D eigenvalue weighted by molar-refractivity contribution is 7.91. The zero-order valence-corrected chi connectivity index (χ0v) is 14.1. The Morgan fingerprint density at radius 3 is 2.48 bits per heavy atom. The Labute approximate surface area is 135 Å². The number of esters is 1. The van der Waals surface area contributed by atoms with Crippen LogP contribution in [0.3, 0.4) is 0 Å². The van der Waals surface area contributed by atoms with Gasteiger partial charge >= 0.3 is 5.97 Å². The maximum absolute atomic E-state index is 12.3. The third-order valence-corrected chi connectivity index (χ3v) is 6.00. The van der Waals surface area contributed by atoms with Gasteiger partial charge in [0.1, 0.15) is 0 Å². The third-order valence-electron chi connectivity index (χ3n) is 4.24. The van der Waals surface area contributed by atoms with E-state index >= 15 is 0 Å². The van der Waals surface area contributed by atoms with Gasteiger partial charge in [0.15, 0.2) is 9.84 Å². The zero-order valence-electron chi connectivity index (χ0n) is 13.3. The number of rotatable bonds is 6. The molecule has 23 heavy (non-hydrogen) atoms. The molecule has 1 heterocycles. The summed E-state index contributed by atoms with van der Waals surface area (Å²) in [5.41, 5.74) is 0. The van der Waals surface area contributed by atoms with E-state index in [1.165, 1.54) is 12.0 Å². The molecule has 1 saturated heterocycles. The van der Waals surface area contributed by atoms with Crippen molar-refractivity contribution in [1.82, 2.24) is 10.2 Å². The van der Waals surface area contributed by atoms with Gasteiger partial charge in [-0.05, 0) is 19.8 Å². The van der Waals surface area contributed by atoms with Gasteiger partial charge in [-0.25, -0.2) is 8.42 Å². The number of hydrogen-bond donors (Lipinski definition) is 1. The molecule has 0 radical (unpaired) electrons. The molecule has 0 aromatic heterocycles. The maximum Gasteiger partial charge on any atom is 0.309 e. The summed E-state index contributed by atoms with van der Waals surface area (Å²) in [6, 6.07) is -0.384. The summed E-state index contributed by atoms with van der Waals surface area (Å²) in [6.45, 7) is 1.97. The second-order valence-corrected chi connectivity index (χ2v) is 8.22. The predicted molar refractivity (Wildman–Crippen MR) is 81.1 cm³/mol. The molecular weight excluding hydrogens is 324 g/mol. The van der Waals surface area contributed by atoms with E-state index in [2.05, 4.69) is 10.1 Å². The first-order chi connectivity index (χ1) is 10.8. The van der Waals surface area contributed by atoms with E-state index in [9.17, 15) is 22.8 Å². The number of hydrogen-bond acceptors (Lipinski definition) is 6. The Bertz CT molecular complexity index is 602. The summed E-state index contributed by atoms with van der Waals surface area (Å²) in [5, 5.41) is 2.66. The molecule has 1 aliphatic heterocycles. The van der Waals surface area contributed by atoms with Crippen LogP contribution in [0.15, 0.2) is 0 Å². The van der Waals surface area contributed by atoms with E-state index in [-0.39, 0.29) is 35.9 Å². The molecule has 0 spiro atoms. The van der Waals surface area contributed by atoms with Crippen LogP contribution in [-0.4, -0.2) is 68.8 Å². The van der Waals surface area contributed by atoms with Gasteiger partial charge in [0, 0.05) is 12.6 Å². The van der Waals surface area contributed by atoms with E-state index in [1.54, 1.807) is 6.92 Å². The molecule has 0 bridgehead atoms. The molecular formula is C14H22N2O6S. The van der Waals surface area contributed by atoms with Crippen LogP contribution in [-0.2, 0) is 29.0 Å². The Kier molecular flexibility index (Phi) is 5.28. The number of nitrogens with one attached hydrogen (secondary N) is 1. The molecule has 0 aromatic rings. The maximum atomic E-state index is 12.3. The molecule has 8 nitrogen and oxygen atoms in total. The average molecular weight is 346 g/mol. The lowest BCUT2D eigenvalue weighted by molar-refractivity contribution is -0.145. The van der Waals surface area contributed by atoms with Crippen molar-refractivity contribution >= 4 is 27.6 Å². The van der Waals surface area contributed by atoms with Crippen molar-refractivity contribution in [2.45, 2.75) is 25.8 Å². The fourth-order valence-corrected chi connectivity index (χ4v) is 4.49. The third kappa shape index (κ3) is 4.43. The van der Waals surface area contributed by atoms with Gasteiger partial charge < -0.3 is 15.0 Å². The second kappa shape index (κ2) is 6.86. The molecule has 2 aliphatic rings. The molecule has 1 aliphatic carbocycles. The Morgan fingerprint density at radius 2 is 1.96 bits per heavy atom. The number of likely N-dealkylation sites (N-methyl/N-ethyl adjacent to an activating group) is 1. The lowest BCUT2D eigenvalue weighted by atomic mass is 10.2. The van der Waals surface area contributed by atoms with Crippen molar-refractivity contribution < 1.29 is 27.5 Å². The smallest absolute Gasteiger partial charge is 0.309 e. The molecule has 1 N–H and O–H groups in total. The minimum Gasteiger partial charge on any atom is -0.469 e. The Balaban J connectivity index is 1.84. The molecule has 3 unspecified atom stereocenters. The minimum atomic E-state index is -3.06. The van der Waals surface area contributed by atoms with E-state index in [0.29, 0.717) is 19.4 Å². The summed E-state index contributed by atoms with van der Waals surface area (Å²) >= 11 is 0. The molecule has 130 valence electrons. The van der Waals surface area contributed by atoms with Crippen molar-refractivity contribution in [1.29, 1.82) is 0 Å². The number of carbonyl (C=O) groups is 3. The highest BCUT2D eigenvalue weighted by Gasteiger charge is 2.50. The van der Waals surface area contributed by atoms with Crippen molar-refractivity contribution in [2.75, 3.05) is 31.7 Å². The van der Waals surface area contributed by atoms with Crippen LogP contribution in [0.4, 0.5) is 0 Å². The van der Waals surface area contributed by atoms with Crippen LogP contribution < -0.4 is 5.32 Å². The number of amides is 2. The van der Waals surface area contributed by atoms with E-state index in [0.717, 1.165) is 0 Å². The molecule has 2 fully saturated rings. The molecule has 9 heteroatoms. The lowest BCUT2D eigenvalue weighted by Crippen LogP contribution is -2.45. The number of ether oxygens (including phenoxy) is 1. The summed E-state index contributed by atoms with van der Waals surface area (Å²) < 4.78 is 27.4. The first-order valence-corrected chi connectivity index (χ1v) is 9.46. The first-order valence-electron chi connectivity index (χ1n) is 7.63. The van der Waals surface area contributed by atoms with E-state index < -0.39 is 27.6 Å². The van der Waals surface area contributed by atoms with Crippen molar-refractivity contribution in [3.05, 3.63) is 0 Å². The van der Waals surface area contributed by atoms with Gasteiger partial charge in [0.2, 0.25) is 11.8 Å². The molecule has 0 aromatic carbocycles. The van der Waals surface area contributed by atoms with Crippen LogP contribution in [0.25, 0.3) is 0 Å². The normalized spacial score (nSPS) is 28.0. The van der Waals surface area contributed by atoms with Gasteiger partial charge in [0.05, 0.1) is 37.0 Å². The number of nitrogens with zero attached hydrogens (tertiary/aromatic N) is 1. The first kappa shape index (κ1) is 17.7. The van der Waals surface area contributed by atoms with Crippen LogP contribution in [0.2, 0.25) is 0 Å². The molecule has 2 rings (SSSR count). The quantitative estimate of drug-likeness (QED) is 0.615. The summed E-state index contributed by atoms with van der Waals surface area (Å²) in [5.74, 6) is -1.82. The fourth-order valence-electron chi connectivity index (χ4n) is 2.82. The SMILES string of the molecule is CCN(CC(=O)NC1CCS(=O)(=O)C1)C(=O)C1CC1C(=O)OC. The van der Waals surface area contributed by atoms with Crippen LogP contribution >= 0.6 is 0 Å². The van der Waals surface area contributed by atoms with Gasteiger partial charge in [-0.3, -0.25) is 14.4 Å². The van der Waals surface area contributed by atoms with Gasteiger partial charge in [-0.2, -0.15) is 0 Å². The number of carbonyl (C=O) groups excluding carboxylic acids is 3. The highest BCUT2D eigenvalue weighted by atomic mass is 32.2. The molecule has 3 atom stereocenters. The monoisotopic (exact) mass is 346 g/mol. The fraction of sp³-hybridized carbons (Fsp3) is 0.786. The number of sulfone groups is 1. The van der Waals surface area contributed by atoms with Gasteiger partial charge in [0.25, 0.3) is 0 Å². The van der Waals surface area contributed by atoms with Crippen molar-refractivity contribution in [3.63, 3.8) is 0 Å². The van der Waals surface area contributed by atoms with Crippen molar-refractivity contribution in [2.24, 2.45) is 11.8 Å². The largest absolute Gasteiger partial charge is 0.469 e. The topological polar surface area (TPSA) is 110 Å². The predicted octanol–water partition coefficient (Wildman–Crippen LogP) is -1.05.